The van der Waals surface area contributed by atoms with Crippen molar-refractivity contribution in [2.45, 2.75) is 10.9 Å². The number of carbonyl (C=O) groups excluding carboxylic acids is 1. The van der Waals surface area contributed by atoms with E-state index in [0.717, 1.165) is 0 Å². The lowest BCUT2D eigenvalue weighted by atomic mass is 10.2. The highest BCUT2D eigenvalue weighted by Gasteiger charge is 2.13. The first-order valence-corrected chi connectivity index (χ1v) is 8.81. The van der Waals surface area contributed by atoms with E-state index >= 15 is 0 Å². The minimum Gasteiger partial charge on any atom is -0.545 e. The van der Waals surface area contributed by atoms with E-state index in [4.69, 9.17) is 17.3 Å². The van der Waals surface area contributed by atoms with Crippen LogP contribution >= 0.6 is 23.4 Å². The smallest absolute Gasteiger partial charge is 0.229 e. The second-order valence-corrected chi connectivity index (χ2v) is 6.77. The minimum atomic E-state index is -1.39. The Morgan fingerprint density at radius 3 is 2.81 bits per heavy atom. The average molecular weight is 407 g/mol. The molecule has 3 aromatic rings. The number of tetrazole rings is 1. The number of thioether (sulfide) groups is 1. The number of halogens is 1. The summed E-state index contributed by atoms with van der Waals surface area (Å²) >= 11 is 7.12. The molecule has 0 atom stereocenters. The summed E-state index contributed by atoms with van der Waals surface area (Å²) in [6, 6.07) is 4.37. The summed E-state index contributed by atoms with van der Waals surface area (Å²) in [5, 5.41) is 23.1. The van der Waals surface area contributed by atoms with Gasteiger partial charge in [-0.3, -0.25) is 0 Å². The number of nitrogen functional groups attached to an aromatic ring is 1. The number of aromatic carboxylic acids is 1. The molecule has 0 unspecified atom stereocenters. The molecule has 140 valence electrons. The van der Waals surface area contributed by atoms with E-state index in [-0.39, 0.29) is 16.5 Å². The Bertz CT molecular complexity index is 994. The second kappa shape index (κ2) is 7.72. The molecule has 0 aliphatic carbocycles. The highest BCUT2D eigenvalue weighted by atomic mass is 35.5. The molecule has 27 heavy (non-hydrogen) atoms. The van der Waals surface area contributed by atoms with Crippen molar-refractivity contribution in [3.8, 4) is 5.69 Å². The van der Waals surface area contributed by atoms with E-state index in [0.29, 0.717) is 28.4 Å². The van der Waals surface area contributed by atoms with Crippen LogP contribution in [0.5, 0.6) is 0 Å². The van der Waals surface area contributed by atoms with Gasteiger partial charge in [0.05, 0.1) is 17.4 Å². The molecule has 2 aromatic heterocycles. The Balaban J connectivity index is 1.85. The molecular weight excluding hydrogens is 394 g/mol. The number of rotatable bonds is 6. The van der Waals surface area contributed by atoms with Crippen molar-refractivity contribution in [2.75, 3.05) is 24.7 Å². The van der Waals surface area contributed by atoms with Crippen LogP contribution in [0.1, 0.15) is 16.2 Å². The lowest BCUT2D eigenvalue weighted by Gasteiger charge is -2.11. The normalized spacial score (nSPS) is 10.8. The van der Waals surface area contributed by atoms with E-state index in [1.807, 2.05) is 0 Å². The predicted molar refractivity (Wildman–Crippen MR) is 96.6 cm³/mol. The molecule has 0 amide bonds. The van der Waals surface area contributed by atoms with Crippen molar-refractivity contribution in [2.24, 2.45) is 0 Å². The number of hydrogen-bond donors (Lipinski definition) is 1. The molecule has 0 aliphatic heterocycles. The van der Waals surface area contributed by atoms with Gasteiger partial charge in [-0.2, -0.15) is 19.6 Å². The number of hydrogen-bond acceptors (Lipinski definition) is 11. The molecule has 2 N–H and O–H groups in total. The van der Waals surface area contributed by atoms with Crippen molar-refractivity contribution in [1.82, 2.24) is 35.2 Å². The minimum absolute atomic E-state index is 0.0675. The molecule has 1 aromatic carbocycles. The molecule has 11 nitrogen and oxygen atoms in total. The molecule has 13 heteroatoms. The van der Waals surface area contributed by atoms with E-state index in [2.05, 4.69) is 30.5 Å². The second-order valence-electron chi connectivity index (χ2n) is 5.42. The Labute approximate surface area is 162 Å². The standard InChI is InChI=1S/C14H14ClN9O2S/c1-23(2)13-18-10(17-12(16)19-13)6-27-14-20-21-22-24(14)7-3-4-9(15)8(5-7)11(25)26/h3-5H,6H2,1-2H3,(H,25,26)(H2,16,17,18,19)/p-1. The van der Waals surface area contributed by atoms with E-state index in [1.165, 1.54) is 28.6 Å². The van der Waals surface area contributed by atoms with Gasteiger partial charge in [0.25, 0.3) is 0 Å². The zero-order valence-corrected chi connectivity index (χ0v) is 15.8. The highest BCUT2D eigenvalue weighted by molar-refractivity contribution is 7.98. The van der Waals surface area contributed by atoms with Gasteiger partial charge in [-0.1, -0.05) is 23.4 Å². The van der Waals surface area contributed by atoms with Crippen molar-refractivity contribution in [3.05, 3.63) is 34.6 Å². The van der Waals surface area contributed by atoms with E-state index in [1.54, 1.807) is 25.1 Å². The first kappa shape index (κ1) is 18.8. The summed E-state index contributed by atoms with van der Waals surface area (Å²) in [7, 11) is 3.59. The maximum Gasteiger partial charge on any atom is 0.229 e. The lowest BCUT2D eigenvalue weighted by molar-refractivity contribution is -0.255. The molecular formula is C14H13ClN9O2S-. The summed E-state index contributed by atoms with van der Waals surface area (Å²) in [6.45, 7) is 0. The zero-order valence-electron chi connectivity index (χ0n) is 14.2. The largest absolute Gasteiger partial charge is 0.545 e. The maximum atomic E-state index is 11.2. The van der Waals surface area contributed by atoms with Gasteiger partial charge in [0.15, 0.2) is 0 Å². The Kier molecular flexibility index (Phi) is 5.37. The molecule has 0 radical (unpaired) electrons. The van der Waals surface area contributed by atoms with Crippen LogP contribution in [0.2, 0.25) is 5.02 Å². The molecule has 0 fully saturated rings. The summed E-state index contributed by atoms with van der Waals surface area (Å²) in [6.07, 6.45) is 0. The van der Waals surface area contributed by atoms with Crippen LogP contribution in [-0.4, -0.2) is 55.2 Å². The predicted octanol–water partition coefficient (Wildman–Crippen LogP) is -0.195. The average Bonchev–Trinajstić information content (AvgIpc) is 3.08. The fourth-order valence-electron chi connectivity index (χ4n) is 2.05. The molecule has 0 saturated carbocycles. The molecule has 0 aliphatic rings. The van der Waals surface area contributed by atoms with Crippen LogP contribution in [0.15, 0.2) is 23.4 Å². The van der Waals surface area contributed by atoms with Crippen molar-refractivity contribution in [1.29, 1.82) is 0 Å². The summed E-state index contributed by atoms with van der Waals surface area (Å²) in [5.74, 6) is -0.0537. The van der Waals surface area contributed by atoms with Gasteiger partial charge in [-0.15, -0.1) is 5.10 Å². The molecule has 2 heterocycles. The Morgan fingerprint density at radius 2 is 2.11 bits per heavy atom. The van der Waals surface area contributed by atoms with Gasteiger partial charge in [-0.25, -0.2) is 0 Å². The van der Waals surface area contributed by atoms with Crippen molar-refractivity contribution < 1.29 is 9.90 Å². The first-order chi connectivity index (χ1) is 12.8. The third-order valence-corrected chi connectivity index (χ3v) is 4.52. The summed E-state index contributed by atoms with van der Waals surface area (Å²) in [4.78, 5) is 25.3. The molecule has 0 spiro atoms. The number of anilines is 2. The summed E-state index contributed by atoms with van der Waals surface area (Å²) in [5.41, 5.74) is 5.98. The first-order valence-electron chi connectivity index (χ1n) is 7.45. The van der Waals surface area contributed by atoms with Crippen LogP contribution in [0.4, 0.5) is 11.9 Å². The van der Waals surface area contributed by atoms with Crippen molar-refractivity contribution >= 4 is 41.2 Å². The monoisotopic (exact) mass is 406 g/mol. The van der Waals surface area contributed by atoms with Crippen LogP contribution in [-0.2, 0) is 5.75 Å². The zero-order chi connectivity index (χ0) is 19.6. The fourth-order valence-corrected chi connectivity index (χ4v) is 2.99. The van der Waals surface area contributed by atoms with Gasteiger partial charge in [-0.05, 0) is 28.6 Å². The van der Waals surface area contributed by atoms with Gasteiger partial charge in [0.1, 0.15) is 5.82 Å². The molecule has 3 rings (SSSR count). The van der Waals surface area contributed by atoms with Gasteiger partial charge >= 0.3 is 0 Å². The number of carbonyl (C=O) groups is 1. The quantitative estimate of drug-likeness (QED) is 0.541. The van der Waals surface area contributed by atoms with Crippen molar-refractivity contribution in [3.63, 3.8) is 0 Å². The number of carboxylic acid groups (broad SMARTS) is 1. The molecule has 0 bridgehead atoms. The Hall–Kier alpha value is -2.99. The van der Waals surface area contributed by atoms with Gasteiger partial charge in [0, 0.05) is 24.7 Å². The number of nitrogens with two attached hydrogens (primary N) is 1. The topological polar surface area (TPSA) is 152 Å². The summed E-state index contributed by atoms with van der Waals surface area (Å²) < 4.78 is 1.38. The number of aromatic nitrogens is 7. The number of carboxylic acids is 1. The SMILES string of the molecule is CN(C)c1nc(N)nc(CSc2nnnn2-c2ccc(Cl)c(C(=O)[O-])c2)n1. The van der Waals surface area contributed by atoms with Crippen LogP contribution < -0.4 is 15.7 Å². The fraction of sp³-hybridized carbons (Fsp3) is 0.214. The lowest BCUT2D eigenvalue weighted by Crippen LogP contribution is -2.23. The van der Waals surface area contributed by atoms with E-state index < -0.39 is 5.97 Å². The third-order valence-electron chi connectivity index (χ3n) is 3.27. The third kappa shape index (κ3) is 4.23. The number of nitrogens with zero attached hydrogens (tertiary/aromatic N) is 8. The maximum absolute atomic E-state index is 11.2. The van der Waals surface area contributed by atoms with Crippen LogP contribution in [0, 0.1) is 0 Å². The highest BCUT2D eigenvalue weighted by Crippen LogP contribution is 2.24. The van der Waals surface area contributed by atoms with Crippen LogP contribution in [0.3, 0.4) is 0 Å². The van der Waals surface area contributed by atoms with Gasteiger partial charge < -0.3 is 20.5 Å². The van der Waals surface area contributed by atoms with Gasteiger partial charge in [0.2, 0.25) is 17.1 Å². The number of benzene rings is 1. The van der Waals surface area contributed by atoms with Crippen LogP contribution in [0.25, 0.3) is 5.69 Å². The van der Waals surface area contributed by atoms with E-state index in [9.17, 15) is 9.90 Å². The Morgan fingerprint density at radius 1 is 1.33 bits per heavy atom. The molecule has 0 saturated heterocycles.